The molecule has 0 aliphatic carbocycles. The van der Waals surface area contributed by atoms with Gasteiger partial charge in [-0.05, 0) is 36.2 Å². The maximum Gasteiger partial charge on any atom is 0.238 e. The fourth-order valence-electron chi connectivity index (χ4n) is 2.65. The van der Waals surface area contributed by atoms with Gasteiger partial charge in [-0.3, -0.25) is 4.79 Å². The largest absolute Gasteiger partial charge is 0.494 e. The van der Waals surface area contributed by atoms with Crippen molar-refractivity contribution in [1.82, 2.24) is 5.32 Å². The Balaban J connectivity index is 1.62. The Morgan fingerprint density at radius 2 is 1.65 bits per heavy atom. The van der Waals surface area contributed by atoms with Gasteiger partial charge in [0.2, 0.25) is 5.91 Å². The molecule has 4 nitrogen and oxygen atoms in total. The summed E-state index contributed by atoms with van der Waals surface area (Å²) < 4.78 is 5.74. The number of carbonyl (C=O) groups is 1. The molecule has 0 heterocycles. The van der Waals surface area contributed by atoms with Crippen LogP contribution in [0.5, 0.6) is 5.75 Å². The van der Waals surface area contributed by atoms with Gasteiger partial charge in [0.15, 0.2) is 0 Å². The van der Waals surface area contributed by atoms with Gasteiger partial charge in [0.05, 0.1) is 13.2 Å². The number of hydrogen-bond acceptors (Lipinski definition) is 3. The molecule has 0 fully saturated rings. The summed E-state index contributed by atoms with van der Waals surface area (Å²) in [6.45, 7) is 3.93. The highest BCUT2D eigenvalue weighted by Gasteiger charge is 2.02. The second-order valence-corrected chi connectivity index (χ2v) is 6.42. The highest BCUT2D eigenvalue weighted by molar-refractivity contribution is 5.92. The van der Waals surface area contributed by atoms with Crippen LogP contribution in [0.25, 0.3) is 0 Å². The molecule has 0 aliphatic heterocycles. The molecule has 2 aromatic carbocycles. The Morgan fingerprint density at radius 3 is 2.38 bits per heavy atom. The van der Waals surface area contributed by atoms with E-state index in [0.717, 1.165) is 30.0 Å². The van der Waals surface area contributed by atoms with Crippen LogP contribution in [0, 0.1) is 0 Å². The van der Waals surface area contributed by atoms with Crippen molar-refractivity contribution < 1.29 is 9.53 Å². The Labute approximate surface area is 157 Å². The van der Waals surface area contributed by atoms with Crippen LogP contribution in [0.4, 0.5) is 5.69 Å². The molecule has 0 aromatic heterocycles. The van der Waals surface area contributed by atoms with E-state index in [2.05, 4.69) is 17.6 Å². The van der Waals surface area contributed by atoms with Gasteiger partial charge in [0, 0.05) is 12.2 Å². The van der Waals surface area contributed by atoms with Crippen molar-refractivity contribution in [3.05, 3.63) is 60.2 Å². The van der Waals surface area contributed by atoms with Gasteiger partial charge < -0.3 is 15.4 Å². The predicted molar refractivity (Wildman–Crippen MR) is 107 cm³/mol. The lowest BCUT2D eigenvalue weighted by molar-refractivity contribution is -0.115. The third-order valence-corrected chi connectivity index (χ3v) is 4.11. The average Bonchev–Trinajstić information content (AvgIpc) is 2.67. The summed E-state index contributed by atoms with van der Waals surface area (Å²) in [5.74, 6) is 0.797. The first-order chi connectivity index (χ1) is 12.8. The number of benzene rings is 2. The van der Waals surface area contributed by atoms with Gasteiger partial charge in [-0.2, -0.15) is 0 Å². The molecule has 0 bridgehead atoms. The first-order valence-corrected chi connectivity index (χ1v) is 9.55. The van der Waals surface area contributed by atoms with Crippen LogP contribution in [0.1, 0.15) is 44.6 Å². The summed E-state index contributed by atoms with van der Waals surface area (Å²) >= 11 is 0. The van der Waals surface area contributed by atoms with Gasteiger partial charge in [-0.1, -0.05) is 62.9 Å². The van der Waals surface area contributed by atoms with E-state index in [0.29, 0.717) is 6.54 Å². The fraction of sp³-hybridized carbons (Fsp3) is 0.409. The molecular weight excluding hydrogens is 324 g/mol. The van der Waals surface area contributed by atoms with E-state index >= 15 is 0 Å². The Bertz CT molecular complexity index is 626. The number of rotatable bonds is 12. The van der Waals surface area contributed by atoms with Crippen LogP contribution < -0.4 is 15.4 Å². The molecule has 0 spiro atoms. The smallest absolute Gasteiger partial charge is 0.238 e. The van der Waals surface area contributed by atoms with E-state index in [-0.39, 0.29) is 12.5 Å². The molecule has 26 heavy (non-hydrogen) atoms. The highest BCUT2D eigenvalue weighted by Crippen LogP contribution is 2.16. The Kier molecular flexibility index (Phi) is 9.30. The van der Waals surface area contributed by atoms with E-state index < -0.39 is 0 Å². The number of unbranched alkanes of at least 4 members (excludes halogenated alkanes) is 4. The average molecular weight is 354 g/mol. The maximum atomic E-state index is 12.0. The molecule has 0 saturated heterocycles. The number of carbonyl (C=O) groups excluding carboxylic acids is 1. The van der Waals surface area contributed by atoms with Gasteiger partial charge in [0.25, 0.3) is 0 Å². The van der Waals surface area contributed by atoms with Crippen LogP contribution in [-0.2, 0) is 11.3 Å². The molecule has 140 valence electrons. The molecule has 2 rings (SSSR count). The van der Waals surface area contributed by atoms with Gasteiger partial charge in [-0.25, -0.2) is 0 Å². The van der Waals surface area contributed by atoms with Crippen LogP contribution in [0.15, 0.2) is 54.6 Å². The van der Waals surface area contributed by atoms with E-state index in [1.165, 1.54) is 25.7 Å². The van der Waals surface area contributed by atoms with E-state index in [9.17, 15) is 4.79 Å². The standard InChI is InChI=1S/C22H30N2O2/c1-2-3-4-5-9-16-26-21-14-12-20(13-15-21)24-22(25)18-23-17-19-10-7-6-8-11-19/h6-8,10-15,23H,2-5,9,16-18H2,1H3,(H,24,25). The molecule has 0 radical (unpaired) electrons. The highest BCUT2D eigenvalue weighted by atomic mass is 16.5. The zero-order valence-electron chi connectivity index (χ0n) is 15.7. The van der Waals surface area contributed by atoms with Crippen LogP contribution in [0.2, 0.25) is 0 Å². The van der Waals surface area contributed by atoms with Crippen molar-refractivity contribution >= 4 is 11.6 Å². The lowest BCUT2D eigenvalue weighted by Gasteiger charge is -2.09. The molecule has 2 N–H and O–H groups in total. The van der Waals surface area contributed by atoms with Crippen molar-refractivity contribution in [3.8, 4) is 5.75 Å². The van der Waals surface area contributed by atoms with Crippen molar-refractivity contribution in [3.63, 3.8) is 0 Å². The van der Waals surface area contributed by atoms with Crippen molar-refractivity contribution in [2.24, 2.45) is 0 Å². The number of anilines is 1. The summed E-state index contributed by atoms with van der Waals surface area (Å²) in [7, 11) is 0. The minimum Gasteiger partial charge on any atom is -0.494 e. The van der Waals surface area contributed by atoms with E-state index in [4.69, 9.17) is 4.74 Å². The molecule has 0 aliphatic rings. The third-order valence-electron chi connectivity index (χ3n) is 4.11. The zero-order valence-corrected chi connectivity index (χ0v) is 15.7. The summed E-state index contributed by atoms with van der Waals surface area (Å²) in [6, 6.07) is 17.6. The first kappa shape index (κ1) is 20.0. The fourth-order valence-corrected chi connectivity index (χ4v) is 2.65. The molecule has 4 heteroatoms. The molecular formula is C22H30N2O2. The summed E-state index contributed by atoms with van der Waals surface area (Å²) in [5.41, 5.74) is 1.95. The van der Waals surface area contributed by atoms with Gasteiger partial charge >= 0.3 is 0 Å². The number of ether oxygens (including phenoxy) is 1. The second-order valence-electron chi connectivity index (χ2n) is 6.42. The van der Waals surface area contributed by atoms with Crippen molar-refractivity contribution in [1.29, 1.82) is 0 Å². The topological polar surface area (TPSA) is 50.4 Å². The summed E-state index contributed by atoms with van der Waals surface area (Å²) in [6.07, 6.45) is 6.15. The Hall–Kier alpha value is -2.33. The van der Waals surface area contributed by atoms with E-state index in [1.54, 1.807) is 0 Å². The number of hydrogen-bond donors (Lipinski definition) is 2. The van der Waals surface area contributed by atoms with Gasteiger partial charge in [-0.15, -0.1) is 0 Å². The molecule has 0 saturated carbocycles. The van der Waals surface area contributed by atoms with Crippen LogP contribution in [-0.4, -0.2) is 19.1 Å². The third kappa shape index (κ3) is 8.17. The van der Waals surface area contributed by atoms with Crippen molar-refractivity contribution in [2.45, 2.75) is 45.6 Å². The monoisotopic (exact) mass is 354 g/mol. The van der Waals surface area contributed by atoms with Crippen LogP contribution in [0.3, 0.4) is 0 Å². The SMILES string of the molecule is CCCCCCCOc1ccc(NC(=O)CNCc2ccccc2)cc1. The first-order valence-electron chi connectivity index (χ1n) is 9.55. The maximum absolute atomic E-state index is 12.0. The van der Waals surface area contributed by atoms with Crippen molar-refractivity contribution in [2.75, 3.05) is 18.5 Å². The molecule has 0 atom stereocenters. The lowest BCUT2D eigenvalue weighted by Crippen LogP contribution is -2.27. The second kappa shape index (κ2) is 12.1. The summed E-state index contributed by atoms with van der Waals surface area (Å²) in [4.78, 5) is 12.0. The number of nitrogens with one attached hydrogen (secondary N) is 2. The van der Waals surface area contributed by atoms with Gasteiger partial charge in [0.1, 0.15) is 5.75 Å². The number of amides is 1. The molecule has 2 aromatic rings. The summed E-state index contributed by atoms with van der Waals surface area (Å²) in [5, 5.41) is 6.03. The Morgan fingerprint density at radius 1 is 0.923 bits per heavy atom. The normalized spacial score (nSPS) is 10.5. The molecule has 0 unspecified atom stereocenters. The lowest BCUT2D eigenvalue weighted by atomic mass is 10.2. The van der Waals surface area contributed by atoms with Crippen LogP contribution >= 0.6 is 0 Å². The molecule has 1 amide bonds. The minimum atomic E-state index is -0.0504. The van der Waals surface area contributed by atoms with E-state index in [1.807, 2.05) is 54.6 Å². The predicted octanol–water partition coefficient (Wildman–Crippen LogP) is 4.76. The quantitative estimate of drug-likeness (QED) is 0.540. The minimum absolute atomic E-state index is 0.0504. The zero-order chi connectivity index (χ0) is 18.5.